The van der Waals surface area contributed by atoms with Crippen LogP contribution in [0.1, 0.15) is 19.8 Å². The van der Waals surface area contributed by atoms with Gasteiger partial charge in [0.25, 0.3) is 0 Å². The first-order chi connectivity index (χ1) is 8.10. The molecule has 6 heteroatoms. The van der Waals surface area contributed by atoms with Crippen LogP contribution in [0.3, 0.4) is 0 Å². The van der Waals surface area contributed by atoms with E-state index in [0.717, 1.165) is 6.42 Å². The summed E-state index contributed by atoms with van der Waals surface area (Å²) in [5.74, 6) is 0.930. The van der Waals surface area contributed by atoms with Crippen LogP contribution in [0.2, 0.25) is 0 Å². The van der Waals surface area contributed by atoms with Crippen LogP contribution in [-0.2, 0) is 9.53 Å². The van der Waals surface area contributed by atoms with Gasteiger partial charge < -0.3 is 20.6 Å². The second-order valence-electron chi connectivity index (χ2n) is 4.48. The third kappa shape index (κ3) is 4.22. The van der Waals surface area contributed by atoms with Crippen LogP contribution in [-0.4, -0.2) is 48.7 Å². The van der Waals surface area contributed by atoms with Crippen molar-refractivity contribution >= 4 is 11.7 Å². The summed E-state index contributed by atoms with van der Waals surface area (Å²) in [6.45, 7) is 3.60. The lowest BCUT2D eigenvalue weighted by Gasteiger charge is -2.22. The molecular weight excluding hydrogens is 222 g/mol. The molecule has 2 atom stereocenters. The maximum Gasteiger partial charge on any atom is 0.226 e. The van der Waals surface area contributed by atoms with Crippen LogP contribution in [0.25, 0.3) is 0 Å². The molecule has 3 N–H and O–H groups in total. The number of hydrogen-bond acceptors (Lipinski definition) is 4. The van der Waals surface area contributed by atoms with E-state index in [2.05, 4.69) is 12.1 Å². The number of amidine groups is 1. The fraction of sp³-hybridized carbons (Fsp3) is 0.818. The minimum absolute atomic E-state index is 0.143. The Bertz CT molecular complexity index is 294. The number of nitrogens with zero attached hydrogens (tertiary/aromatic N) is 2. The van der Waals surface area contributed by atoms with Crippen LogP contribution < -0.4 is 5.73 Å². The summed E-state index contributed by atoms with van der Waals surface area (Å²) in [4.78, 5) is 13.8. The Morgan fingerprint density at radius 3 is 2.71 bits per heavy atom. The quantitative estimate of drug-likeness (QED) is 0.290. The molecule has 2 unspecified atom stereocenters. The van der Waals surface area contributed by atoms with E-state index in [4.69, 9.17) is 15.7 Å². The number of oxime groups is 1. The molecule has 0 aromatic carbocycles. The molecule has 6 nitrogen and oxygen atoms in total. The van der Waals surface area contributed by atoms with E-state index in [0.29, 0.717) is 32.0 Å². The van der Waals surface area contributed by atoms with Gasteiger partial charge in [-0.25, -0.2) is 0 Å². The first-order valence-corrected chi connectivity index (χ1v) is 5.84. The van der Waals surface area contributed by atoms with Crippen molar-refractivity contribution in [1.29, 1.82) is 0 Å². The van der Waals surface area contributed by atoms with Crippen molar-refractivity contribution < 1.29 is 14.7 Å². The van der Waals surface area contributed by atoms with E-state index in [-0.39, 0.29) is 17.7 Å². The van der Waals surface area contributed by atoms with Crippen LogP contribution in [0.15, 0.2) is 5.16 Å². The zero-order valence-electron chi connectivity index (χ0n) is 10.4. The van der Waals surface area contributed by atoms with E-state index >= 15 is 0 Å². The molecule has 17 heavy (non-hydrogen) atoms. The SMILES string of the molecule is COCCN(CCC(N)=NO)C(=O)C1CC1C. The topological polar surface area (TPSA) is 88.2 Å². The molecule has 1 fully saturated rings. The number of hydrogen-bond donors (Lipinski definition) is 2. The van der Waals surface area contributed by atoms with Gasteiger partial charge in [-0.15, -0.1) is 0 Å². The minimum Gasteiger partial charge on any atom is -0.409 e. The molecule has 1 saturated carbocycles. The standard InChI is InChI=1S/C11H21N3O3/c1-8-7-9(8)11(15)14(5-6-17-2)4-3-10(12)13-16/h8-9,16H,3-7H2,1-2H3,(H2,12,13). The molecule has 1 aliphatic rings. The zero-order valence-corrected chi connectivity index (χ0v) is 10.4. The Kier molecular flexibility index (Phi) is 5.21. The molecule has 1 aliphatic carbocycles. The highest BCUT2D eigenvalue weighted by molar-refractivity contribution is 5.83. The van der Waals surface area contributed by atoms with Gasteiger partial charge in [-0.3, -0.25) is 4.79 Å². The lowest BCUT2D eigenvalue weighted by Crippen LogP contribution is -2.37. The molecule has 0 bridgehead atoms. The molecule has 0 saturated heterocycles. The Morgan fingerprint density at radius 2 is 2.24 bits per heavy atom. The lowest BCUT2D eigenvalue weighted by atomic mass is 10.2. The van der Waals surface area contributed by atoms with Crippen molar-refractivity contribution in [3.05, 3.63) is 0 Å². The molecule has 0 aliphatic heterocycles. The number of amides is 1. The Hall–Kier alpha value is -1.30. The Morgan fingerprint density at radius 1 is 1.59 bits per heavy atom. The average molecular weight is 243 g/mol. The maximum absolute atomic E-state index is 12.0. The first kappa shape index (κ1) is 13.8. The molecule has 0 heterocycles. The molecule has 1 rings (SSSR count). The highest BCUT2D eigenvalue weighted by atomic mass is 16.5. The van der Waals surface area contributed by atoms with Crippen molar-refractivity contribution in [2.75, 3.05) is 26.8 Å². The molecule has 1 amide bonds. The van der Waals surface area contributed by atoms with Crippen molar-refractivity contribution in [1.82, 2.24) is 4.90 Å². The summed E-state index contributed by atoms with van der Waals surface area (Å²) in [6, 6.07) is 0. The number of methoxy groups -OCH3 is 1. The van der Waals surface area contributed by atoms with E-state index in [1.807, 2.05) is 0 Å². The summed E-state index contributed by atoms with van der Waals surface area (Å²) < 4.78 is 4.98. The molecule has 0 aromatic rings. The number of rotatable bonds is 7. The summed E-state index contributed by atoms with van der Waals surface area (Å²) in [5, 5.41) is 11.4. The molecule has 0 spiro atoms. The summed E-state index contributed by atoms with van der Waals surface area (Å²) in [7, 11) is 1.60. The van der Waals surface area contributed by atoms with Gasteiger partial charge in [-0.2, -0.15) is 0 Å². The Balaban J connectivity index is 2.44. The van der Waals surface area contributed by atoms with Crippen molar-refractivity contribution in [2.24, 2.45) is 22.7 Å². The largest absolute Gasteiger partial charge is 0.409 e. The van der Waals surface area contributed by atoms with Crippen molar-refractivity contribution in [3.63, 3.8) is 0 Å². The second kappa shape index (κ2) is 6.44. The predicted octanol–water partition coefficient (Wildman–Crippen LogP) is 0.254. The van der Waals surface area contributed by atoms with E-state index in [1.165, 1.54) is 0 Å². The van der Waals surface area contributed by atoms with Gasteiger partial charge in [0.05, 0.1) is 6.61 Å². The van der Waals surface area contributed by atoms with Gasteiger partial charge >= 0.3 is 0 Å². The fourth-order valence-corrected chi connectivity index (χ4v) is 1.73. The van der Waals surface area contributed by atoms with Gasteiger partial charge in [0.15, 0.2) is 0 Å². The lowest BCUT2D eigenvalue weighted by molar-refractivity contribution is -0.133. The van der Waals surface area contributed by atoms with E-state index in [1.54, 1.807) is 12.0 Å². The fourth-order valence-electron chi connectivity index (χ4n) is 1.73. The van der Waals surface area contributed by atoms with Gasteiger partial charge in [-0.05, 0) is 12.3 Å². The highest BCUT2D eigenvalue weighted by Gasteiger charge is 2.41. The number of carbonyl (C=O) groups excluding carboxylic acids is 1. The summed E-state index contributed by atoms with van der Waals surface area (Å²) >= 11 is 0. The predicted molar refractivity (Wildman–Crippen MR) is 63.8 cm³/mol. The number of ether oxygens (including phenoxy) is 1. The molecule has 0 radical (unpaired) electrons. The van der Waals surface area contributed by atoms with Gasteiger partial charge in [0.1, 0.15) is 5.84 Å². The van der Waals surface area contributed by atoms with E-state index < -0.39 is 0 Å². The third-order valence-corrected chi connectivity index (χ3v) is 3.07. The van der Waals surface area contributed by atoms with Crippen LogP contribution in [0.5, 0.6) is 0 Å². The van der Waals surface area contributed by atoms with Crippen LogP contribution >= 0.6 is 0 Å². The smallest absolute Gasteiger partial charge is 0.226 e. The molecular formula is C11H21N3O3. The first-order valence-electron chi connectivity index (χ1n) is 5.84. The maximum atomic E-state index is 12.0. The molecule has 98 valence electrons. The van der Waals surface area contributed by atoms with Crippen LogP contribution in [0.4, 0.5) is 0 Å². The van der Waals surface area contributed by atoms with Gasteiger partial charge in [0.2, 0.25) is 5.91 Å². The Labute approximate surface area is 101 Å². The monoisotopic (exact) mass is 243 g/mol. The van der Waals surface area contributed by atoms with E-state index in [9.17, 15) is 4.79 Å². The average Bonchev–Trinajstić information content (AvgIpc) is 3.05. The number of nitrogens with two attached hydrogens (primary N) is 1. The van der Waals surface area contributed by atoms with Crippen molar-refractivity contribution in [3.8, 4) is 0 Å². The zero-order chi connectivity index (χ0) is 12.8. The molecule has 0 aromatic heterocycles. The summed E-state index contributed by atoms with van der Waals surface area (Å²) in [5.41, 5.74) is 5.40. The van der Waals surface area contributed by atoms with Gasteiger partial charge in [-0.1, -0.05) is 12.1 Å². The number of carbonyl (C=O) groups is 1. The van der Waals surface area contributed by atoms with Gasteiger partial charge in [0, 0.05) is 32.5 Å². The normalized spacial score (nSPS) is 23.5. The minimum atomic E-state index is 0.143. The third-order valence-electron chi connectivity index (χ3n) is 3.07. The van der Waals surface area contributed by atoms with Crippen LogP contribution in [0, 0.1) is 11.8 Å². The highest BCUT2D eigenvalue weighted by Crippen LogP contribution is 2.39. The van der Waals surface area contributed by atoms with Crippen molar-refractivity contribution in [2.45, 2.75) is 19.8 Å². The second-order valence-corrected chi connectivity index (χ2v) is 4.48. The summed E-state index contributed by atoms with van der Waals surface area (Å²) in [6.07, 6.45) is 1.35.